The van der Waals surface area contributed by atoms with Crippen LogP contribution in [0.1, 0.15) is 40.6 Å². The van der Waals surface area contributed by atoms with E-state index in [-0.39, 0.29) is 5.91 Å². The van der Waals surface area contributed by atoms with Crippen LogP contribution in [0.3, 0.4) is 0 Å². The fourth-order valence-corrected chi connectivity index (χ4v) is 4.60. The second-order valence-corrected chi connectivity index (χ2v) is 8.84. The zero-order valence-electron chi connectivity index (χ0n) is 20.6. The number of aromatic nitrogens is 1. The average molecular weight is 455 g/mol. The van der Waals surface area contributed by atoms with E-state index in [4.69, 9.17) is 4.74 Å². The van der Waals surface area contributed by atoms with Crippen molar-refractivity contribution in [3.8, 4) is 5.69 Å². The lowest BCUT2D eigenvalue weighted by Crippen LogP contribution is -2.24. The number of carbonyl (C=O) groups is 2. The third kappa shape index (κ3) is 4.10. The smallest absolute Gasteiger partial charge is 0.340 e. The third-order valence-electron chi connectivity index (χ3n) is 6.46. The van der Waals surface area contributed by atoms with E-state index in [2.05, 4.69) is 49.6 Å². The van der Waals surface area contributed by atoms with Gasteiger partial charge in [0.25, 0.3) is 5.91 Å². The number of aryl methyl sites for hydroxylation is 3. The Morgan fingerprint density at radius 3 is 2.35 bits per heavy atom. The minimum absolute atomic E-state index is 0.196. The number of ether oxygens (including phenoxy) is 1. The van der Waals surface area contributed by atoms with Crippen LogP contribution in [0.4, 0.5) is 0 Å². The molecule has 0 N–H and O–H groups in total. The van der Waals surface area contributed by atoms with Gasteiger partial charge in [0.2, 0.25) is 0 Å². The normalized spacial score (nSPS) is 14.9. The maximum atomic E-state index is 13.5. The standard InChI is InChI=1S/C29H30N2O3/c1-18-12-13-19(2)26(14-18)31-20(3)15-24(21(31)4)16-25-27(29(33)34-6)22(5)30(28(25)32)17-23-10-8-7-9-11-23/h7-16H,17H2,1-6H3/b25-16-. The molecule has 0 fully saturated rings. The fraction of sp³-hybridized carbons (Fsp3) is 0.241. The summed E-state index contributed by atoms with van der Waals surface area (Å²) in [6.45, 7) is 10.5. The Hall–Kier alpha value is -3.86. The molecule has 0 aliphatic carbocycles. The Kier molecular flexibility index (Phi) is 6.29. The highest BCUT2D eigenvalue weighted by Crippen LogP contribution is 2.34. The first kappa shape index (κ1) is 23.3. The molecule has 3 aromatic rings. The van der Waals surface area contributed by atoms with Gasteiger partial charge >= 0.3 is 5.97 Å². The number of benzene rings is 2. The molecule has 1 aliphatic rings. The molecule has 2 heterocycles. The van der Waals surface area contributed by atoms with Crippen LogP contribution >= 0.6 is 0 Å². The van der Waals surface area contributed by atoms with Crippen LogP contribution in [-0.4, -0.2) is 28.5 Å². The fourth-order valence-electron chi connectivity index (χ4n) is 4.60. The summed E-state index contributed by atoms with van der Waals surface area (Å²) in [5.74, 6) is -0.700. The van der Waals surface area contributed by atoms with Crippen molar-refractivity contribution in [1.82, 2.24) is 9.47 Å². The number of amides is 1. The molecule has 1 aliphatic heterocycles. The SMILES string of the molecule is COC(=O)C1=C(C)N(Cc2ccccc2)C(=O)/C1=C\c1cc(C)n(-c2cc(C)ccc2C)c1C. The van der Waals surface area contributed by atoms with Crippen LogP contribution in [0, 0.1) is 27.7 Å². The Labute approximate surface area is 201 Å². The molecule has 34 heavy (non-hydrogen) atoms. The summed E-state index contributed by atoms with van der Waals surface area (Å²) in [5.41, 5.74) is 8.72. The monoisotopic (exact) mass is 454 g/mol. The van der Waals surface area contributed by atoms with E-state index >= 15 is 0 Å². The molecule has 0 saturated carbocycles. The summed E-state index contributed by atoms with van der Waals surface area (Å²) in [4.78, 5) is 27.9. The van der Waals surface area contributed by atoms with E-state index in [9.17, 15) is 9.59 Å². The molecule has 0 unspecified atom stereocenters. The summed E-state index contributed by atoms with van der Waals surface area (Å²) >= 11 is 0. The minimum Gasteiger partial charge on any atom is -0.465 e. The predicted molar refractivity (Wildman–Crippen MR) is 134 cm³/mol. The zero-order valence-corrected chi connectivity index (χ0v) is 20.6. The van der Waals surface area contributed by atoms with Crippen LogP contribution in [-0.2, 0) is 20.9 Å². The Bertz CT molecular complexity index is 1340. The van der Waals surface area contributed by atoms with Crippen molar-refractivity contribution in [1.29, 1.82) is 0 Å². The van der Waals surface area contributed by atoms with E-state index < -0.39 is 5.97 Å². The zero-order chi connectivity index (χ0) is 24.6. The number of carbonyl (C=O) groups excluding carboxylic acids is 2. The molecule has 0 bridgehead atoms. The molecule has 174 valence electrons. The van der Waals surface area contributed by atoms with Crippen LogP contribution in [0.5, 0.6) is 0 Å². The summed E-state index contributed by atoms with van der Waals surface area (Å²) in [5, 5.41) is 0. The predicted octanol–water partition coefficient (Wildman–Crippen LogP) is 5.58. The number of hydrogen-bond donors (Lipinski definition) is 0. The van der Waals surface area contributed by atoms with Gasteiger partial charge in [-0.2, -0.15) is 0 Å². The number of methoxy groups -OCH3 is 1. The number of allylic oxidation sites excluding steroid dienone is 1. The maximum absolute atomic E-state index is 13.5. The van der Waals surface area contributed by atoms with Crippen molar-refractivity contribution in [2.75, 3.05) is 7.11 Å². The average Bonchev–Trinajstić information content (AvgIpc) is 3.22. The molecule has 4 rings (SSSR count). The molecule has 0 radical (unpaired) electrons. The highest BCUT2D eigenvalue weighted by molar-refractivity contribution is 6.16. The molecular weight excluding hydrogens is 424 g/mol. The second kappa shape index (κ2) is 9.18. The molecule has 0 atom stereocenters. The summed E-state index contributed by atoms with van der Waals surface area (Å²) < 4.78 is 7.25. The number of hydrogen-bond acceptors (Lipinski definition) is 3. The van der Waals surface area contributed by atoms with Crippen molar-refractivity contribution in [3.05, 3.63) is 105 Å². The minimum atomic E-state index is -0.504. The van der Waals surface area contributed by atoms with Gasteiger partial charge in [-0.25, -0.2) is 4.79 Å². The van der Waals surface area contributed by atoms with Crippen LogP contribution in [0.25, 0.3) is 11.8 Å². The van der Waals surface area contributed by atoms with Crippen LogP contribution in [0.15, 0.2) is 71.4 Å². The highest BCUT2D eigenvalue weighted by atomic mass is 16.5. The largest absolute Gasteiger partial charge is 0.465 e. The van der Waals surface area contributed by atoms with E-state index in [1.165, 1.54) is 18.2 Å². The van der Waals surface area contributed by atoms with Gasteiger partial charge in [-0.05, 0) is 75.1 Å². The first-order valence-corrected chi connectivity index (χ1v) is 11.4. The lowest BCUT2D eigenvalue weighted by Gasteiger charge is -2.17. The molecule has 5 nitrogen and oxygen atoms in total. The summed E-state index contributed by atoms with van der Waals surface area (Å²) in [7, 11) is 1.34. The van der Waals surface area contributed by atoms with Gasteiger partial charge in [0, 0.05) is 22.8 Å². The summed E-state index contributed by atoms with van der Waals surface area (Å²) in [6.07, 6.45) is 1.83. The van der Waals surface area contributed by atoms with Crippen molar-refractivity contribution in [2.24, 2.45) is 0 Å². The number of esters is 1. The van der Waals surface area contributed by atoms with Gasteiger partial charge in [0.1, 0.15) is 0 Å². The Morgan fingerprint density at radius 2 is 1.68 bits per heavy atom. The molecule has 1 aromatic heterocycles. The van der Waals surface area contributed by atoms with Gasteiger partial charge in [-0.1, -0.05) is 42.5 Å². The third-order valence-corrected chi connectivity index (χ3v) is 6.46. The van der Waals surface area contributed by atoms with Crippen molar-refractivity contribution >= 4 is 18.0 Å². The van der Waals surface area contributed by atoms with E-state index in [0.717, 1.165) is 28.2 Å². The summed E-state index contributed by atoms with van der Waals surface area (Å²) in [6, 6.07) is 18.2. The van der Waals surface area contributed by atoms with Gasteiger partial charge in [0.15, 0.2) is 0 Å². The molecule has 0 spiro atoms. The van der Waals surface area contributed by atoms with E-state index in [1.807, 2.05) is 43.3 Å². The van der Waals surface area contributed by atoms with Crippen molar-refractivity contribution in [2.45, 2.75) is 41.2 Å². The van der Waals surface area contributed by atoms with Crippen molar-refractivity contribution in [3.63, 3.8) is 0 Å². The van der Waals surface area contributed by atoms with Gasteiger partial charge in [-0.15, -0.1) is 0 Å². The van der Waals surface area contributed by atoms with Gasteiger partial charge in [0.05, 0.1) is 24.8 Å². The topological polar surface area (TPSA) is 51.5 Å². The quantitative estimate of drug-likeness (QED) is 0.373. The first-order chi connectivity index (χ1) is 16.2. The van der Waals surface area contributed by atoms with Crippen LogP contribution < -0.4 is 0 Å². The lowest BCUT2D eigenvalue weighted by molar-refractivity contribution is -0.136. The second-order valence-electron chi connectivity index (χ2n) is 8.84. The Balaban J connectivity index is 1.81. The molecule has 0 saturated heterocycles. The first-order valence-electron chi connectivity index (χ1n) is 11.4. The van der Waals surface area contributed by atoms with E-state index in [0.29, 0.717) is 23.4 Å². The van der Waals surface area contributed by atoms with Gasteiger partial charge < -0.3 is 14.2 Å². The lowest BCUT2D eigenvalue weighted by atomic mass is 10.0. The molecule has 2 aromatic carbocycles. The van der Waals surface area contributed by atoms with Gasteiger partial charge in [-0.3, -0.25) is 4.79 Å². The Morgan fingerprint density at radius 1 is 0.971 bits per heavy atom. The van der Waals surface area contributed by atoms with Crippen molar-refractivity contribution < 1.29 is 14.3 Å². The van der Waals surface area contributed by atoms with E-state index in [1.54, 1.807) is 11.8 Å². The van der Waals surface area contributed by atoms with Crippen LogP contribution in [0.2, 0.25) is 0 Å². The highest BCUT2D eigenvalue weighted by Gasteiger charge is 2.37. The molecule has 5 heteroatoms. The molecular formula is C29H30N2O3. The maximum Gasteiger partial charge on any atom is 0.340 e. The number of rotatable bonds is 5. The molecule has 1 amide bonds. The number of nitrogens with zero attached hydrogens (tertiary/aromatic N) is 2.